The van der Waals surface area contributed by atoms with Crippen LogP contribution in [0.1, 0.15) is 43.9 Å². The van der Waals surface area contributed by atoms with Gasteiger partial charge in [0.25, 0.3) is 0 Å². The molecule has 0 atom stereocenters. The third kappa shape index (κ3) is 1.61. The molecule has 2 rings (SSSR count). The molecule has 0 bridgehead atoms. The summed E-state index contributed by atoms with van der Waals surface area (Å²) in [7, 11) is 0. The highest BCUT2D eigenvalue weighted by Crippen LogP contribution is 2.27. The fourth-order valence-corrected chi connectivity index (χ4v) is 2.24. The van der Waals surface area contributed by atoms with Crippen LogP contribution in [0.5, 0.6) is 0 Å². The molecule has 1 aromatic rings. The summed E-state index contributed by atoms with van der Waals surface area (Å²) in [5.41, 5.74) is 7.33. The Bertz CT molecular complexity index is 437. The van der Waals surface area contributed by atoms with Crippen molar-refractivity contribution in [3.63, 3.8) is 0 Å². The van der Waals surface area contributed by atoms with E-state index in [0.29, 0.717) is 12.2 Å². The van der Waals surface area contributed by atoms with Gasteiger partial charge in [0.05, 0.1) is 5.69 Å². The molecule has 2 heterocycles. The molecule has 0 unspecified atom stereocenters. The molecule has 4 nitrogen and oxygen atoms in total. The zero-order valence-electron chi connectivity index (χ0n) is 9.95. The molecule has 0 saturated carbocycles. The van der Waals surface area contributed by atoms with Crippen LogP contribution in [0.3, 0.4) is 0 Å². The Morgan fingerprint density at radius 1 is 1.50 bits per heavy atom. The second-order valence-corrected chi connectivity index (χ2v) is 5.04. The first-order valence-corrected chi connectivity index (χ1v) is 5.80. The van der Waals surface area contributed by atoms with Gasteiger partial charge in [-0.25, -0.2) is 4.98 Å². The van der Waals surface area contributed by atoms with Crippen molar-refractivity contribution < 1.29 is 0 Å². The van der Waals surface area contributed by atoms with E-state index in [1.165, 1.54) is 6.42 Å². The van der Waals surface area contributed by atoms with Crippen LogP contribution in [-0.4, -0.2) is 16.1 Å². The van der Waals surface area contributed by atoms with Crippen LogP contribution in [0, 0.1) is 11.3 Å². The van der Waals surface area contributed by atoms with Gasteiger partial charge in [-0.1, -0.05) is 13.8 Å². The maximum atomic E-state index is 9.09. The number of nitrogens with zero attached hydrogens (tertiary/aromatic N) is 3. The van der Waals surface area contributed by atoms with Gasteiger partial charge in [-0.2, -0.15) is 5.26 Å². The Labute approximate surface area is 96.1 Å². The van der Waals surface area contributed by atoms with Gasteiger partial charge in [-0.3, -0.25) is 0 Å². The van der Waals surface area contributed by atoms with Gasteiger partial charge in [0.1, 0.15) is 11.9 Å². The Kier molecular flexibility index (Phi) is 2.73. The van der Waals surface area contributed by atoms with Gasteiger partial charge < -0.3 is 10.3 Å². The Morgan fingerprint density at radius 3 is 2.88 bits per heavy atom. The second kappa shape index (κ2) is 3.91. The average molecular weight is 218 g/mol. The van der Waals surface area contributed by atoms with Crippen molar-refractivity contribution >= 4 is 0 Å². The van der Waals surface area contributed by atoms with Crippen LogP contribution in [0.25, 0.3) is 0 Å². The van der Waals surface area contributed by atoms with Crippen molar-refractivity contribution in [2.75, 3.05) is 6.54 Å². The lowest BCUT2D eigenvalue weighted by Crippen LogP contribution is -2.32. The average Bonchev–Trinajstić information content (AvgIpc) is 2.68. The summed E-state index contributed by atoms with van der Waals surface area (Å²) in [6.45, 7) is 5.69. The van der Waals surface area contributed by atoms with Crippen molar-refractivity contribution in [1.29, 1.82) is 5.26 Å². The van der Waals surface area contributed by atoms with Crippen LogP contribution in [-0.2, 0) is 18.4 Å². The smallest absolute Gasteiger partial charge is 0.162 e. The number of nitriles is 1. The predicted molar refractivity (Wildman–Crippen MR) is 62.0 cm³/mol. The molecule has 86 valence electrons. The fraction of sp³-hybridized carbons (Fsp3) is 0.667. The minimum absolute atomic E-state index is 0.152. The third-order valence-corrected chi connectivity index (χ3v) is 3.34. The molecule has 0 saturated heterocycles. The normalized spacial score (nSPS) is 15.6. The molecule has 0 aromatic carbocycles. The van der Waals surface area contributed by atoms with E-state index in [2.05, 4.69) is 29.5 Å². The van der Waals surface area contributed by atoms with Crippen molar-refractivity contribution in [3.8, 4) is 6.07 Å². The fourth-order valence-electron chi connectivity index (χ4n) is 2.24. The summed E-state index contributed by atoms with van der Waals surface area (Å²) in [5, 5.41) is 9.09. The minimum Gasteiger partial charge on any atom is -0.330 e. The number of imidazole rings is 1. The third-order valence-electron chi connectivity index (χ3n) is 3.34. The highest BCUT2D eigenvalue weighted by molar-refractivity contribution is 5.32. The van der Waals surface area contributed by atoms with Crippen LogP contribution in [0.2, 0.25) is 0 Å². The zero-order chi connectivity index (χ0) is 11.8. The summed E-state index contributed by atoms with van der Waals surface area (Å²) < 4.78 is 2.20. The van der Waals surface area contributed by atoms with Gasteiger partial charge in [-0.15, -0.1) is 0 Å². The molecule has 1 aromatic heterocycles. The Hall–Kier alpha value is -1.34. The number of hydrogen-bond acceptors (Lipinski definition) is 3. The van der Waals surface area contributed by atoms with E-state index in [1.807, 2.05) is 0 Å². The lowest BCUT2D eigenvalue weighted by molar-refractivity contribution is 0.435. The van der Waals surface area contributed by atoms with E-state index >= 15 is 0 Å². The maximum Gasteiger partial charge on any atom is 0.162 e. The summed E-state index contributed by atoms with van der Waals surface area (Å²) in [6.07, 6.45) is 3.29. The molecule has 2 N–H and O–H groups in total. The van der Waals surface area contributed by atoms with Crippen LogP contribution in [0.15, 0.2) is 0 Å². The molecular weight excluding hydrogens is 200 g/mol. The second-order valence-electron chi connectivity index (χ2n) is 5.04. The van der Waals surface area contributed by atoms with Gasteiger partial charge in [0, 0.05) is 18.5 Å². The molecule has 0 aliphatic carbocycles. The van der Waals surface area contributed by atoms with E-state index in [-0.39, 0.29) is 5.41 Å². The van der Waals surface area contributed by atoms with Crippen molar-refractivity contribution in [2.45, 2.75) is 45.1 Å². The molecule has 1 aliphatic heterocycles. The molecule has 4 heteroatoms. The first-order valence-electron chi connectivity index (χ1n) is 5.80. The molecular formula is C12H18N4. The number of rotatable bonds is 2. The molecule has 0 amide bonds. The van der Waals surface area contributed by atoms with E-state index < -0.39 is 0 Å². The number of aromatic nitrogens is 2. The lowest BCUT2D eigenvalue weighted by atomic mass is 9.92. The van der Waals surface area contributed by atoms with Crippen molar-refractivity contribution in [3.05, 3.63) is 17.2 Å². The van der Waals surface area contributed by atoms with Gasteiger partial charge in [0.2, 0.25) is 0 Å². The van der Waals surface area contributed by atoms with E-state index in [1.54, 1.807) is 0 Å². The van der Waals surface area contributed by atoms with Gasteiger partial charge >= 0.3 is 0 Å². The van der Waals surface area contributed by atoms with Gasteiger partial charge in [-0.05, 0) is 19.3 Å². The molecule has 1 aliphatic rings. The molecule has 0 radical (unpaired) electrons. The van der Waals surface area contributed by atoms with Crippen molar-refractivity contribution in [2.24, 2.45) is 5.73 Å². The van der Waals surface area contributed by atoms with Crippen LogP contribution >= 0.6 is 0 Å². The highest BCUT2D eigenvalue weighted by atomic mass is 15.1. The Morgan fingerprint density at radius 2 is 2.25 bits per heavy atom. The van der Waals surface area contributed by atoms with Gasteiger partial charge in [0.15, 0.2) is 5.69 Å². The van der Waals surface area contributed by atoms with Crippen molar-refractivity contribution in [1.82, 2.24) is 9.55 Å². The standard InChI is InChI=1S/C12H18N4/c1-12(2,8-14)11-15-9(7-13)10-5-3-4-6-16(10)11/h3-6,8,14H2,1-2H3. The highest BCUT2D eigenvalue weighted by Gasteiger charge is 2.29. The lowest BCUT2D eigenvalue weighted by Gasteiger charge is -2.25. The predicted octanol–water partition coefficient (Wildman–Crippen LogP) is 1.33. The first kappa shape index (κ1) is 11.2. The van der Waals surface area contributed by atoms with E-state index in [9.17, 15) is 0 Å². The molecule has 0 spiro atoms. The monoisotopic (exact) mass is 218 g/mol. The topological polar surface area (TPSA) is 67.6 Å². The van der Waals surface area contributed by atoms with Crippen LogP contribution < -0.4 is 5.73 Å². The summed E-state index contributed by atoms with van der Waals surface area (Å²) in [5.74, 6) is 0.973. The SMILES string of the molecule is CC(C)(CN)c1nc(C#N)c2n1CCCC2. The first-order chi connectivity index (χ1) is 7.60. The molecule has 0 fully saturated rings. The van der Waals surface area contributed by atoms with Crippen LogP contribution in [0.4, 0.5) is 0 Å². The Balaban J connectivity index is 2.55. The van der Waals surface area contributed by atoms with E-state index in [0.717, 1.165) is 30.9 Å². The van der Waals surface area contributed by atoms with E-state index in [4.69, 9.17) is 11.0 Å². The number of fused-ring (bicyclic) bond motifs is 1. The number of hydrogen-bond donors (Lipinski definition) is 1. The minimum atomic E-state index is -0.152. The molecule has 16 heavy (non-hydrogen) atoms. The number of nitrogens with two attached hydrogens (primary N) is 1. The summed E-state index contributed by atoms with van der Waals surface area (Å²) in [6, 6.07) is 2.20. The zero-order valence-corrected chi connectivity index (χ0v) is 9.95. The summed E-state index contributed by atoms with van der Waals surface area (Å²) >= 11 is 0. The largest absolute Gasteiger partial charge is 0.330 e. The summed E-state index contributed by atoms with van der Waals surface area (Å²) in [4.78, 5) is 4.47. The quantitative estimate of drug-likeness (QED) is 0.814. The maximum absolute atomic E-state index is 9.09.